The molecule has 0 bridgehead atoms. The van der Waals surface area contributed by atoms with Crippen LogP contribution in [0.4, 0.5) is 0 Å². The van der Waals surface area contributed by atoms with Crippen LogP contribution >= 0.6 is 0 Å². The summed E-state index contributed by atoms with van der Waals surface area (Å²) < 4.78 is 50.3. The quantitative estimate of drug-likeness (QED) is 0.331. The molecule has 0 fully saturated rings. The molecular formula is C14H20N6O4S2. The highest BCUT2D eigenvalue weighted by Gasteiger charge is 2.44. The normalized spacial score (nSPS) is 11.7. The summed E-state index contributed by atoms with van der Waals surface area (Å²) in [7, 11) is -9.13. The lowest BCUT2D eigenvalue weighted by atomic mass is 10.2. The maximum Gasteiger partial charge on any atom is 0.234 e. The molecule has 0 aromatic rings. The van der Waals surface area contributed by atoms with E-state index >= 15 is 0 Å². The van der Waals surface area contributed by atoms with Gasteiger partial charge < -0.3 is 0 Å². The Labute approximate surface area is 154 Å². The molecule has 0 saturated carbocycles. The van der Waals surface area contributed by atoms with Gasteiger partial charge in [-0.1, -0.05) is 26.2 Å². The van der Waals surface area contributed by atoms with E-state index < -0.39 is 50.8 Å². The van der Waals surface area contributed by atoms with E-state index in [1.54, 1.807) is 24.3 Å². The number of hydrogen-bond acceptors (Lipinski definition) is 8. The van der Waals surface area contributed by atoms with Crippen LogP contribution in [-0.4, -0.2) is 56.2 Å². The molecule has 142 valence electrons. The summed E-state index contributed by atoms with van der Waals surface area (Å²) in [5.74, 6) is 0. The second-order valence-corrected chi connectivity index (χ2v) is 9.71. The summed E-state index contributed by atoms with van der Waals surface area (Å²) in [5.41, 5.74) is 0. The zero-order valence-electron chi connectivity index (χ0n) is 14.4. The van der Waals surface area contributed by atoms with E-state index in [0.717, 1.165) is 0 Å². The van der Waals surface area contributed by atoms with Crippen LogP contribution in [0.5, 0.6) is 0 Å². The highest BCUT2D eigenvalue weighted by molar-refractivity contribution is 8.07. The molecule has 0 radical (unpaired) electrons. The molecule has 0 atom stereocenters. The second kappa shape index (κ2) is 11.4. The van der Waals surface area contributed by atoms with Crippen molar-refractivity contribution in [3.63, 3.8) is 0 Å². The minimum Gasteiger partial charge on any atom is -0.211 e. The maximum atomic E-state index is 12.8. The van der Waals surface area contributed by atoms with Crippen LogP contribution in [0, 0.1) is 45.3 Å². The van der Waals surface area contributed by atoms with Crippen molar-refractivity contribution < 1.29 is 16.8 Å². The minimum atomic E-state index is -4.57. The Bertz CT molecular complexity index is 729. The fourth-order valence-electron chi connectivity index (χ4n) is 2.13. The molecule has 0 heterocycles. The van der Waals surface area contributed by atoms with Crippen molar-refractivity contribution in [3.05, 3.63) is 0 Å². The van der Waals surface area contributed by atoms with E-state index in [1.807, 2.05) is 6.92 Å². The molecule has 0 N–H and O–H groups in total. The molecule has 0 aliphatic heterocycles. The van der Waals surface area contributed by atoms with Gasteiger partial charge in [0.05, 0.1) is 24.3 Å². The van der Waals surface area contributed by atoms with Crippen LogP contribution in [-0.2, 0) is 20.0 Å². The lowest BCUT2D eigenvalue weighted by Gasteiger charge is -2.27. The van der Waals surface area contributed by atoms with Gasteiger partial charge in [0.25, 0.3) is 0 Å². The number of unbranched alkanes of at least 4 members (excludes halogenated alkanes) is 2. The minimum absolute atomic E-state index is 0.265. The van der Waals surface area contributed by atoms with Crippen LogP contribution < -0.4 is 0 Å². The summed E-state index contributed by atoms with van der Waals surface area (Å²) in [4.78, 5) is 0. The van der Waals surface area contributed by atoms with Crippen molar-refractivity contribution in [2.75, 3.05) is 26.2 Å². The molecule has 0 spiro atoms. The largest absolute Gasteiger partial charge is 0.234 e. The summed E-state index contributed by atoms with van der Waals surface area (Å²) in [5, 5.41) is 35.2. The van der Waals surface area contributed by atoms with E-state index in [1.165, 1.54) is 0 Å². The molecule has 12 heteroatoms. The van der Waals surface area contributed by atoms with Gasteiger partial charge in [-0.15, -0.1) is 0 Å². The fourth-order valence-corrected chi connectivity index (χ4v) is 6.64. The SMILES string of the molecule is CCCCCC(S(=O)(=O)N(CC#N)CC#N)S(=O)(=O)N(CC#N)CC#N. The van der Waals surface area contributed by atoms with Crippen LogP contribution in [0.15, 0.2) is 0 Å². The van der Waals surface area contributed by atoms with Gasteiger partial charge in [-0.05, 0) is 6.42 Å². The zero-order chi connectivity index (χ0) is 20.2. The Kier molecular flexibility index (Phi) is 10.4. The van der Waals surface area contributed by atoms with E-state index in [4.69, 9.17) is 21.0 Å². The third-order valence-electron chi connectivity index (χ3n) is 3.42. The number of hydrogen-bond donors (Lipinski definition) is 0. The number of rotatable bonds is 12. The molecule has 26 heavy (non-hydrogen) atoms. The van der Waals surface area contributed by atoms with Gasteiger partial charge in [0.1, 0.15) is 26.2 Å². The van der Waals surface area contributed by atoms with Gasteiger partial charge in [0.15, 0.2) is 4.58 Å². The third-order valence-corrected chi connectivity index (χ3v) is 8.63. The standard InChI is InChI=1S/C14H20N6O4S2/c1-2-3-4-5-14(25(21,22)19(10-6-15)11-7-16)26(23,24)20(12-8-17)13-9-18/h14H,2-5,10-13H2,1H3. The molecule has 0 saturated heterocycles. The average Bonchev–Trinajstić information content (AvgIpc) is 2.58. The van der Waals surface area contributed by atoms with Crippen LogP contribution in [0.2, 0.25) is 0 Å². The summed E-state index contributed by atoms with van der Waals surface area (Å²) in [6, 6.07) is 6.38. The molecule has 0 aromatic carbocycles. The second-order valence-electron chi connectivity index (χ2n) is 5.18. The van der Waals surface area contributed by atoms with Crippen molar-refractivity contribution in [3.8, 4) is 24.3 Å². The highest BCUT2D eigenvalue weighted by atomic mass is 32.3. The van der Waals surface area contributed by atoms with Gasteiger partial charge in [-0.3, -0.25) is 0 Å². The average molecular weight is 400 g/mol. The van der Waals surface area contributed by atoms with Crippen molar-refractivity contribution in [2.45, 2.75) is 37.2 Å². The van der Waals surface area contributed by atoms with Gasteiger partial charge in [0, 0.05) is 0 Å². The van der Waals surface area contributed by atoms with Crippen molar-refractivity contribution >= 4 is 20.0 Å². The molecule has 0 rings (SSSR count). The van der Waals surface area contributed by atoms with E-state index in [9.17, 15) is 16.8 Å². The lowest BCUT2D eigenvalue weighted by molar-refractivity contribution is 0.449. The lowest BCUT2D eigenvalue weighted by Crippen LogP contribution is -2.48. The summed E-state index contributed by atoms with van der Waals surface area (Å²) in [6.07, 6.45) is 1.31. The van der Waals surface area contributed by atoms with Crippen LogP contribution in [0.25, 0.3) is 0 Å². The van der Waals surface area contributed by atoms with Gasteiger partial charge in [-0.25, -0.2) is 16.8 Å². The highest BCUT2D eigenvalue weighted by Crippen LogP contribution is 2.24. The predicted molar refractivity (Wildman–Crippen MR) is 91.4 cm³/mol. The molecule has 0 amide bonds. The Hall–Kier alpha value is -2.22. The third kappa shape index (κ3) is 6.25. The molecule has 0 aliphatic rings. The molecule has 0 unspecified atom stereocenters. The molecule has 0 aromatic heterocycles. The van der Waals surface area contributed by atoms with Gasteiger partial charge in [-0.2, -0.15) is 29.7 Å². The monoisotopic (exact) mass is 400 g/mol. The van der Waals surface area contributed by atoms with Crippen LogP contribution in [0.1, 0.15) is 32.6 Å². The van der Waals surface area contributed by atoms with Crippen molar-refractivity contribution in [1.29, 1.82) is 21.0 Å². The maximum absolute atomic E-state index is 12.8. The first-order valence-corrected chi connectivity index (χ1v) is 10.7. The fraction of sp³-hybridized carbons (Fsp3) is 0.714. The molecule has 0 aliphatic carbocycles. The van der Waals surface area contributed by atoms with E-state index in [0.29, 0.717) is 21.5 Å². The van der Waals surface area contributed by atoms with Crippen molar-refractivity contribution in [1.82, 2.24) is 8.61 Å². The number of nitriles is 4. The topological polar surface area (TPSA) is 170 Å². The molecule has 10 nitrogen and oxygen atoms in total. The first-order valence-electron chi connectivity index (χ1n) is 7.69. The summed E-state index contributed by atoms with van der Waals surface area (Å²) in [6.45, 7) is -0.843. The van der Waals surface area contributed by atoms with Gasteiger partial charge in [0.2, 0.25) is 20.0 Å². The Morgan fingerprint density at radius 2 is 1.08 bits per heavy atom. The van der Waals surface area contributed by atoms with Gasteiger partial charge >= 0.3 is 0 Å². The summed E-state index contributed by atoms with van der Waals surface area (Å²) >= 11 is 0. The first-order chi connectivity index (χ1) is 12.2. The van der Waals surface area contributed by atoms with E-state index in [2.05, 4.69) is 0 Å². The number of sulfonamides is 2. The Morgan fingerprint density at radius 1 is 0.731 bits per heavy atom. The number of nitrogens with zero attached hydrogens (tertiary/aromatic N) is 6. The zero-order valence-corrected chi connectivity index (χ0v) is 16.0. The van der Waals surface area contributed by atoms with E-state index in [-0.39, 0.29) is 12.8 Å². The first kappa shape index (κ1) is 23.8. The smallest absolute Gasteiger partial charge is 0.211 e. The predicted octanol–water partition coefficient (Wildman–Crippen LogP) is 0.251. The molecular weight excluding hydrogens is 380 g/mol. The Balaban J connectivity index is 6.14. The van der Waals surface area contributed by atoms with Crippen LogP contribution in [0.3, 0.4) is 0 Å². The van der Waals surface area contributed by atoms with Crippen molar-refractivity contribution in [2.24, 2.45) is 0 Å². The Morgan fingerprint density at radius 3 is 1.35 bits per heavy atom.